The largest absolute Gasteiger partial charge is 0.338 e. The number of hydrogen-bond donors (Lipinski definition) is 1. The lowest BCUT2D eigenvalue weighted by molar-refractivity contribution is -0.132. The van der Waals surface area contributed by atoms with Crippen molar-refractivity contribution in [2.24, 2.45) is 0 Å². The van der Waals surface area contributed by atoms with Crippen molar-refractivity contribution in [2.45, 2.75) is 39.2 Å². The first-order chi connectivity index (χ1) is 9.69. The zero-order chi connectivity index (χ0) is 14.8. The number of benzene rings is 1. The molecular weight excluding hydrogens is 307 g/mol. The third-order valence-electron chi connectivity index (χ3n) is 3.27. The molecule has 1 rings (SSSR count). The van der Waals surface area contributed by atoms with E-state index in [0.29, 0.717) is 13.0 Å². The number of carbonyl (C=O) groups is 1. The van der Waals surface area contributed by atoms with Gasteiger partial charge in [0.1, 0.15) is 0 Å². The van der Waals surface area contributed by atoms with E-state index in [-0.39, 0.29) is 18.3 Å². The van der Waals surface area contributed by atoms with Gasteiger partial charge in [-0.2, -0.15) is 0 Å². The maximum Gasteiger partial charge on any atom is 0.222 e. The van der Waals surface area contributed by atoms with Crippen LogP contribution in [-0.4, -0.2) is 30.9 Å². The van der Waals surface area contributed by atoms with Crippen molar-refractivity contribution in [3.63, 3.8) is 0 Å². The van der Waals surface area contributed by atoms with Crippen molar-refractivity contribution in [3.8, 4) is 0 Å². The Morgan fingerprint density at radius 1 is 1.29 bits per heavy atom. The first-order valence-electron chi connectivity index (χ1n) is 7.34. The number of rotatable bonds is 9. The van der Waals surface area contributed by atoms with Crippen molar-refractivity contribution in [1.82, 2.24) is 10.2 Å². The molecule has 21 heavy (non-hydrogen) atoms. The number of nitrogens with one attached hydrogen (secondary N) is 1. The van der Waals surface area contributed by atoms with Crippen molar-refractivity contribution >= 4 is 29.9 Å². The quantitative estimate of drug-likeness (QED) is 0.696. The Labute approximate surface area is 139 Å². The van der Waals surface area contributed by atoms with E-state index in [1.54, 1.807) is 0 Å². The zero-order valence-corrected chi connectivity index (χ0v) is 14.5. The lowest BCUT2D eigenvalue weighted by Gasteiger charge is -2.23. The van der Waals surface area contributed by atoms with E-state index < -0.39 is 0 Å². The Morgan fingerprint density at radius 3 is 2.62 bits per heavy atom. The van der Waals surface area contributed by atoms with E-state index in [1.807, 2.05) is 36.2 Å². The molecule has 0 unspecified atom stereocenters. The molecule has 0 fully saturated rings. The number of carbonyl (C=O) groups excluding carboxylic acids is 1. The Kier molecular flexibility index (Phi) is 11.4. The second kappa shape index (κ2) is 11.8. The molecule has 0 saturated carbocycles. The molecule has 0 aliphatic rings. The molecule has 0 atom stereocenters. The van der Waals surface area contributed by atoms with E-state index in [9.17, 15) is 4.79 Å². The van der Waals surface area contributed by atoms with Crippen LogP contribution in [0, 0.1) is 0 Å². The van der Waals surface area contributed by atoms with Crippen LogP contribution in [0.2, 0.25) is 5.02 Å². The van der Waals surface area contributed by atoms with Gasteiger partial charge in [0.05, 0.1) is 0 Å². The maximum absolute atomic E-state index is 12.3. The molecule has 0 spiro atoms. The molecular formula is C16H26Cl2N2O. The van der Waals surface area contributed by atoms with Crippen molar-refractivity contribution in [1.29, 1.82) is 0 Å². The van der Waals surface area contributed by atoms with Gasteiger partial charge < -0.3 is 10.2 Å². The second-order valence-electron chi connectivity index (χ2n) is 4.97. The van der Waals surface area contributed by atoms with E-state index in [4.69, 9.17) is 11.6 Å². The lowest BCUT2D eigenvalue weighted by Crippen LogP contribution is -2.32. The third kappa shape index (κ3) is 7.70. The van der Waals surface area contributed by atoms with E-state index in [1.165, 1.54) is 0 Å². The van der Waals surface area contributed by atoms with Gasteiger partial charge in [0.25, 0.3) is 0 Å². The fourth-order valence-corrected chi connectivity index (χ4v) is 2.24. The maximum atomic E-state index is 12.3. The molecule has 0 radical (unpaired) electrons. The summed E-state index contributed by atoms with van der Waals surface area (Å²) in [5.41, 5.74) is 1.02. The number of hydrogen-bond acceptors (Lipinski definition) is 2. The van der Waals surface area contributed by atoms with Crippen LogP contribution in [0.1, 0.15) is 38.2 Å². The summed E-state index contributed by atoms with van der Waals surface area (Å²) in [6.45, 7) is 4.43. The minimum Gasteiger partial charge on any atom is -0.338 e. The molecule has 5 heteroatoms. The number of unbranched alkanes of at least 4 members (excludes halogenated alkanes) is 1. The molecule has 1 N–H and O–H groups in total. The summed E-state index contributed by atoms with van der Waals surface area (Å²) in [4.78, 5) is 14.2. The van der Waals surface area contributed by atoms with Crippen LogP contribution in [0.5, 0.6) is 0 Å². The summed E-state index contributed by atoms with van der Waals surface area (Å²) in [6, 6.07) is 7.74. The van der Waals surface area contributed by atoms with Crippen LogP contribution >= 0.6 is 24.0 Å². The highest BCUT2D eigenvalue weighted by Gasteiger charge is 2.14. The summed E-state index contributed by atoms with van der Waals surface area (Å²) < 4.78 is 0. The van der Waals surface area contributed by atoms with Gasteiger partial charge in [-0.15, -0.1) is 12.4 Å². The minimum atomic E-state index is 0. The highest BCUT2D eigenvalue weighted by molar-refractivity contribution is 6.31. The summed E-state index contributed by atoms with van der Waals surface area (Å²) in [6.07, 6.45) is 3.58. The first-order valence-corrected chi connectivity index (χ1v) is 7.72. The van der Waals surface area contributed by atoms with Crippen LogP contribution in [0.3, 0.4) is 0 Å². The average Bonchev–Trinajstić information content (AvgIpc) is 2.45. The molecule has 0 aromatic heterocycles. The van der Waals surface area contributed by atoms with Crippen LogP contribution in [0.25, 0.3) is 0 Å². The SMILES string of the molecule is CCCCN(Cc1ccccc1Cl)C(=O)CCCNC.Cl. The fourth-order valence-electron chi connectivity index (χ4n) is 2.05. The molecule has 3 nitrogen and oxygen atoms in total. The third-order valence-corrected chi connectivity index (χ3v) is 3.64. The molecule has 0 heterocycles. The molecule has 1 aromatic carbocycles. The highest BCUT2D eigenvalue weighted by atomic mass is 35.5. The molecule has 1 amide bonds. The molecule has 1 aromatic rings. The Balaban J connectivity index is 0.00000400. The van der Waals surface area contributed by atoms with E-state index in [0.717, 1.165) is 42.9 Å². The summed E-state index contributed by atoms with van der Waals surface area (Å²) in [5.74, 6) is 0.216. The van der Waals surface area contributed by atoms with Gasteiger partial charge >= 0.3 is 0 Å². The molecule has 0 bridgehead atoms. The predicted octanol–water partition coefficient (Wildman–Crippen LogP) is 3.89. The van der Waals surface area contributed by atoms with Crippen molar-refractivity contribution < 1.29 is 4.79 Å². The molecule has 0 aliphatic carbocycles. The van der Waals surface area contributed by atoms with Gasteiger partial charge in [0.2, 0.25) is 5.91 Å². The van der Waals surface area contributed by atoms with Gasteiger partial charge in [0, 0.05) is 24.5 Å². The Morgan fingerprint density at radius 2 is 2.00 bits per heavy atom. The minimum absolute atomic E-state index is 0. The Hall–Kier alpha value is -0.770. The van der Waals surface area contributed by atoms with Crippen molar-refractivity contribution in [2.75, 3.05) is 20.1 Å². The zero-order valence-electron chi connectivity index (χ0n) is 12.9. The van der Waals surface area contributed by atoms with Gasteiger partial charge in [-0.1, -0.05) is 43.1 Å². The smallest absolute Gasteiger partial charge is 0.222 e. The van der Waals surface area contributed by atoms with E-state index in [2.05, 4.69) is 12.2 Å². The topological polar surface area (TPSA) is 32.3 Å². The van der Waals surface area contributed by atoms with Crippen LogP contribution < -0.4 is 5.32 Å². The molecule has 0 aliphatic heterocycles. The normalized spacial score (nSPS) is 10.0. The first kappa shape index (κ1) is 20.2. The lowest BCUT2D eigenvalue weighted by atomic mass is 10.1. The van der Waals surface area contributed by atoms with Gasteiger partial charge in [-0.05, 0) is 38.1 Å². The van der Waals surface area contributed by atoms with Crippen LogP contribution in [0.15, 0.2) is 24.3 Å². The number of nitrogens with zero attached hydrogens (tertiary/aromatic N) is 1. The van der Waals surface area contributed by atoms with E-state index >= 15 is 0 Å². The standard InChI is InChI=1S/C16H25ClN2O.ClH/c1-3-4-12-19(16(20)10-7-11-18-2)13-14-8-5-6-9-15(14)17;/h5-6,8-9,18H,3-4,7,10-13H2,1-2H3;1H. The monoisotopic (exact) mass is 332 g/mol. The van der Waals surface area contributed by atoms with Crippen LogP contribution in [-0.2, 0) is 11.3 Å². The van der Waals surface area contributed by atoms with Gasteiger partial charge in [-0.25, -0.2) is 0 Å². The molecule has 120 valence electrons. The van der Waals surface area contributed by atoms with Gasteiger partial charge in [0.15, 0.2) is 0 Å². The average molecular weight is 333 g/mol. The molecule has 0 saturated heterocycles. The second-order valence-corrected chi connectivity index (χ2v) is 5.37. The summed E-state index contributed by atoms with van der Waals surface area (Å²) >= 11 is 6.19. The summed E-state index contributed by atoms with van der Waals surface area (Å²) in [5, 5.41) is 3.81. The highest BCUT2D eigenvalue weighted by Crippen LogP contribution is 2.18. The van der Waals surface area contributed by atoms with Gasteiger partial charge in [-0.3, -0.25) is 4.79 Å². The number of halogens is 2. The van der Waals surface area contributed by atoms with Crippen molar-refractivity contribution in [3.05, 3.63) is 34.9 Å². The van der Waals surface area contributed by atoms with Crippen LogP contribution in [0.4, 0.5) is 0 Å². The Bertz CT molecular complexity index is 413. The number of amides is 1. The predicted molar refractivity (Wildman–Crippen MR) is 92.2 cm³/mol. The summed E-state index contributed by atoms with van der Waals surface area (Å²) in [7, 11) is 1.91. The fraction of sp³-hybridized carbons (Fsp3) is 0.562.